The Bertz CT molecular complexity index is 836. The third-order valence-electron chi connectivity index (χ3n) is 5.72. The fraction of sp³-hybridized carbons (Fsp3) is 0.565. The monoisotopic (exact) mass is 385 g/mol. The van der Waals surface area contributed by atoms with Crippen LogP contribution >= 0.6 is 0 Å². The number of pyridine rings is 1. The van der Waals surface area contributed by atoms with Gasteiger partial charge in [-0.15, -0.1) is 0 Å². The van der Waals surface area contributed by atoms with Gasteiger partial charge in [0, 0.05) is 48.8 Å². The average Bonchev–Trinajstić information content (AvgIpc) is 2.64. The topological polar surface area (TPSA) is 36.4 Å². The molecule has 0 spiro atoms. The van der Waals surface area contributed by atoms with E-state index < -0.39 is 0 Å². The van der Waals surface area contributed by atoms with Gasteiger partial charge in [0.25, 0.3) is 0 Å². The summed E-state index contributed by atoms with van der Waals surface area (Å²) in [5.74, 6) is 0.939. The van der Waals surface area contributed by atoms with Gasteiger partial charge in [-0.3, -0.25) is 9.78 Å². The highest BCUT2D eigenvalue weighted by Gasteiger charge is 2.28. The molecule has 0 amide bonds. The van der Waals surface area contributed by atoms with Gasteiger partial charge in [-0.1, -0.05) is 6.92 Å². The molecule has 2 aromatic rings. The van der Waals surface area contributed by atoms with E-state index in [0.717, 1.165) is 49.1 Å². The van der Waals surface area contributed by atoms with Gasteiger partial charge in [-0.2, -0.15) is 0 Å². The molecule has 0 aliphatic carbocycles. The van der Waals surface area contributed by atoms with Gasteiger partial charge in [-0.25, -0.2) is 4.39 Å². The smallest absolute Gasteiger partial charge is 0.133 e. The van der Waals surface area contributed by atoms with Crippen LogP contribution in [0, 0.1) is 24.6 Å². The van der Waals surface area contributed by atoms with Crippen molar-refractivity contribution in [2.24, 2.45) is 11.8 Å². The standard InChI is InChI=1S/C23H32FN3O/c1-16-11-18(12-19(28)7-6-10-26(3)4)15-27(14-16)22-13-21(24)17(2)23-20(22)8-5-9-25-23/h5,8-9,13,16,18H,6-7,10-12,14-15H2,1-4H3/t16-,18-/m0/s1. The summed E-state index contributed by atoms with van der Waals surface area (Å²) in [6, 6.07) is 5.57. The van der Waals surface area contributed by atoms with Crippen molar-refractivity contribution in [1.82, 2.24) is 9.88 Å². The Morgan fingerprint density at radius 2 is 2.14 bits per heavy atom. The highest BCUT2D eigenvalue weighted by molar-refractivity contribution is 5.94. The number of aryl methyl sites for hydroxylation is 1. The van der Waals surface area contributed by atoms with Gasteiger partial charge in [0.1, 0.15) is 11.6 Å². The van der Waals surface area contributed by atoms with Crippen molar-refractivity contribution in [3.63, 3.8) is 0 Å². The lowest BCUT2D eigenvalue weighted by atomic mass is 9.86. The van der Waals surface area contributed by atoms with Crippen molar-refractivity contribution in [2.45, 2.75) is 39.5 Å². The molecular weight excluding hydrogens is 353 g/mol. The molecule has 0 saturated carbocycles. The van der Waals surface area contributed by atoms with Crippen LogP contribution in [0.15, 0.2) is 24.4 Å². The van der Waals surface area contributed by atoms with Gasteiger partial charge < -0.3 is 9.80 Å². The first-order valence-corrected chi connectivity index (χ1v) is 10.3. The number of benzene rings is 1. The van der Waals surface area contributed by atoms with Crippen LogP contribution in [-0.4, -0.2) is 49.4 Å². The van der Waals surface area contributed by atoms with Crippen molar-refractivity contribution in [1.29, 1.82) is 0 Å². The summed E-state index contributed by atoms with van der Waals surface area (Å²) in [6.07, 6.45) is 4.96. The lowest BCUT2D eigenvalue weighted by Gasteiger charge is -2.38. The molecule has 1 saturated heterocycles. The zero-order valence-electron chi connectivity index (χ0n) is 17.5. The predicted octanol–water partition coefficient (Wildman–Crippen LogP) is 4.45. The maximum atomic E-state index is 14.5. The number of piperidine rings is 1. The third-order valence-corrected chi connectivity index (χ3v) is 5.72. The number of hydrogen-bond donors (Lipinski definition) is 0. The van der Waals surface area contributed by atoms with Gasteiger partial charge in [0.2, 0.25) is 0 Å². The molecule has 152 valence electrons. The van der Waals surface area contributed by atoms with Crippen molar-refractivity contribution in [2.75, 3.05) is 38.6 Å². The predicted molar refractivity (Wildman–Crippen MR) is 113 cm³/mol. The number of aromatic nitrogens is 1. The Hall–Kier alpha value is -2.01. The number of ketones is 1. The fourth-order valence-corrected chi connectivity index (χ4v) is 4.43. The summed E-state index contributed by atoms with van der Waals surface area (Å²) in [5.41, 5.74) is 2.23. The summed E-state index contributed by atoms with van der Waals surface area (Å²) >= 11 is 0. The van der Waals surface area contributed by atoms with E-state index in [0.29, 0.717) is 36.0 Å². The molecule has 0 radical (unpaired) electrons. The van der Waals surface area contributed by atoms with Crippen molar-refractivity contribution in [3.05, 3.63) is 35.8 Å². The lowest BCUT2D eigenvalue weighted by Crippen LogP contribution is -2.40. The van der Waals surface area contributed by atoms with Gasteiger partial charge in [0.15, 0.2) is 0 Å². The second kappa shape index (κ2) is 8.99. The van der Waals surface area contributed by atoms with Crippen LogP contribution in [0.25, 0.3) is 10.9 Å². The molecular formula is C23H32FN3O. The van der Waals surface area contributed by atoms with Crippen LogP contribution in [0.4, 0.5) is 10.1 Å². The molecule has 1 aliphatic rings. The summed E-state index contributed by atoms with van der Waals surface area (Å²) in [5, 5.41) is 0.992. The van der Waals surface area contributed by atoms with E-state index in [1.807, 2.05) is 26.2 Å². The minimum atomic E-state index is -0.212. The lowest BCUT2D eigenvalue weighted by molar-refractivity contribution is -0.120. The number of carbonyl (C=O) groups is 1. The Morgan fingerprint density at radius 1 is 1.36 bits per heavy atom. The highest BCUT2D eigenvalue weighted by atomic mass is 19.1. The first-order chi connectivity index (χ1) is 13.3. The summed E-state index contributed by atoms with van der Waals surface area (Å²) in [7, 11) is 4.07. The molecule has 5 heteroatoms. The maximum Gasteiger partial charge on any atom is 0.133 e. The number of hydrogen-bond acceptors (Lipinski definition) is 4. The highest BCUT2D eigenvalue weighted by Crippen LogP contribution is 2.35. The molecule has 0 bridgehead atoms. The molecule has 2 heterocycles. The van der Waals surface area contributed by atoms with E-state index in [1.165, 1.54) is 0 Å². The van der Waals surface area contributed by atoms with Gasteiger partial charge >= 0.3 is 0 Å². The minimum Gasteiger partial charge on any atom is -0.370 e. The van der Waals surface area contributed by atoms with Crippen LogP contribution < -0.4 is 4.90 Å². The molecule has 28 heavy (non-hydrogen) atoms. The average molecular weight is 386 g/mol. The number of Topliss-reactive ketones (excluding diaryl/α,β-unsaturated/α-hetero) is 1. The second-order valence-corrected chi connectivity index (χ2v) is 8.66. The van der Waals surface area contributed by atoms with E-state index >= 15 is 0 Å². The number of nitrogens with zero attached hydrogens (tertiary/aromatic N) is 3. The Morgan fingerprint density at radius 3 is 2.89 bits per heavy atom. The summed E-state index contributed by atoms with van der Waals surface area (Å²) in [6.45, 7) is 6.64. The van der Waals surface area contributed by atoms with Gasteiger partial charge in [0.05, 0.1) is 5.52 Å². The minimum absolute atomic E-state index is 0.212. The third kappa shape index (κ3) is 4.88. The van der Waals surface area contributed by atoms with Crippen molar-refractivity contribution >= 4 is 22.4 Å². The molecule has 4 nitrogen and oxygen atoms in total. The molecule has 3 rings (SSSR count). The maximum absolute atomic E-state index is 14.5. The summed E-state index contributed by atoms with van der Waals surface area (Å²) < 4.78 is 14.5. The zero-order chi connectivity index (χ0) is 20.3. The number of anilines is 1. The number of rotatable bonds is 7. The number of carbonyl (C=O) groups excluding carboxylic acids is 1. The van der Waals surface area contributed by atoms with Gasteiger partial charge in [-0.05, 0) is 70.4 Å². The molecule has 1 aromatic carbocycles. The fourth-order valence-electron chi connectivity index (χ4n) is 4.43. The SMILES string of the molecule is Cc1c(F)cc(N2C[C@@H](C)C[C@@H](CC(=O)CCCN(C)C)C2)c2cccnc12. The normalized spacial score (nSPS) is 20.1. The molecule has 2 atom stereocenters. The summed E-state index contributed by atoms with van der Waals surface area (Å²) in [4.78, 5) is 21.2. The molecule has 1 aliphatic heterocycles. The van der Waals surface area contributed by atoms with Crippen LogP contribution in [0.3, 0.4) is 0 Å². The Labute approximate surface area is 167 Å². The quantitative estimate of drug-likeness (QED) is 0.706. The van der Waals surface area contributed by atoms with E-state index in [1.54, 1.807) is 19.2 Å². The van der Waals surface area contributed by atoms with Crippen LogP contribution in [0.2, 0.25) is 0 Å². The first-order valence-electron chi connectivity index (χ1n) is 10.3. The number of halogens is 1. The van der Waals surface area contributed by atoms with Crippen LogP contribution in [0.1, 0.15) is 38.2 Å². The molecule has 0 unspecified atom stereocenters. The molecule has 0 N–H and O–H groups in total. The van der Waals surface area contributed by atoms with Crippen molar-refractivity contribution < 1.29 is 9.18 Å². The molecule has 1 aromatic heterocycles. The molecule has 1 fully saturated rings. The van der Waals surface area contributed by atoms with Crippen LogP contribution in [0.5, 0.6) is 0 Å². The zero-order valence-corrected chi connectivity index (χ0v) is 17.5. The van der Waals surface area contributed by atoms with Crippen molar-refractivity contribution in [3.8, 4) is 0 Å². The number of fused-ring (bicyclic) bond motifs is 1. The largest absolute Gasteiger partial charge is 0.370 e. The second-order valence-electron chi connectivity index (χ2n) is 8.66. The van der Waals surface area contributed by atoms with E-state index in [2.05, 4.69) is 21.7 Å². The van der Waals surface area contributed by atoms with E-state index in [-0.39, 0.29) is 5.82 Å². The first kappa shape index (κ1) is 20.7. The Kier molecular flexibility index (Phi) is 6.65. The Balaban J connectivity index is 1.76. The van der Waals surface area contributed by atoms with E-state index in [4.69, 9.17) is 0 Å². The van der Waals surface area contributed by atoms with Crippen LogP contribution in [-0.2, 0) is 4.79 Å². The van der Waals surface area contributed by atoms with E-state index in [9.17, 15) is 9.18 Å².